The predicted octanol–water partition coefficient (Wildman–Crippen LogP) is 11.4. The first-order valence-corrected chi connectivity index (χ1v) is 20.0. The van der Waals surface area contributed by atoms with Gasteiger partial charge in [-0.1, -0.05) is 27.7 Å². The second kappa shape index (κ2) is 19.8. The molecule has 0 saturated carbocycles. The molecule has 0 radical (unpaired) electrons. The van der Waals surface area contributed by atoms with Crippen LogP contribution in [0.15, 0.2) is 48.5 Å². The molecule has 0 aliphatic heterocycles. The number of nitrogens with zero attached hydrogens (tertiary/aromatic N) is 4. The number of halogens is 6. The maximum Gasteiger partial charge on any atom is 0.419 e. The van der Waals surface area contributed by atoms with E-state index in [1.165, 1.54) is 18.2 Å². The van der Waals surface area contributed by atoms with Gasteiger partial charge in [-0.05, 0) is 136 Å². The quantitative estimate of drug-likeness (QED) is 0.126. The van der Waals surface area contributed by atoms with Crippen molar-refractivity contribution in [3.05, 3.63) is 82.7 Å². The first-order valence-electron chi connectivity index (χ1n) is 20.0. The largest absolute Gasteiger partial charge is 0.491 e. The number of nitrogens with one attached hydrogen (secondary N) is 1. The van der Waals surface area contributed by atoms with Crippen LogP contribution in [0.1, 0.15) is 109 Å². The molecule has 1 amide bonds. The summed E-state index contributed by atoms with van der Waals surface area (Å²) < 4.78 is 99.0. The number of alkyl halides is 6. The summed E-state index contributed by atoms with van der Waals surface area (Å²) in [6.07, 6.45) is -8.72. The lowest BCUT2D eigenvalue weighted by Gasteiger charge is -2.33. The topological polar surface area (TPSA) is 134 Å². The molecule has 0 unspecified atom stereocenters. The maximum absolute atomic E-state index is 13.9. The molecule has 4 rings (SSSR count). The van der Waals surface area contributed by atoms with E-state index in [0.29, 0.717) is 64.3 Å². The van der Waals surface area contributed by atoms with E-state index in [9.17, 15) is 31.1 Å². The molecule has 2 atom stereocenters. The molecule has 2 heterocycles. The van der Waals surface area contributed by atoms with E-state index in [2.05, 4.69) is 25.3 Å². The lowest BCUT2D eigenvalue weighted by Crippen LogP contribution is -2.52. The van der Waals surface area contributed by atoms with Crippen LogP contribution in [-0.2, 0) is 17.1 Å². The molecule has 2 aromatic carbocycles. The van der Waals surface area contributed by atoms with Crippen LogP contribution in [0.2, 0.25) is 0 Å². The third kappa shape index (κ3) is 16.4. The van der Waals surface area contributed by atoms with Crippen LogP contribution in [0, 0.1) is 39.5 Å². The number of ether oxygens (including phenoxy) is 3. The molecular formula is C45H60F6N6O4. The summed E-state index contributed by atoms with van der Waals surface area (Å²) in [5.74, 6) is 0.900. The lowest BCUT2D eigenvalue weighted by molar-refractivity contribution is -0.139. The Labute approximate surface area is 355 Å². The first kappa shape index (κ1) is 50.4. The van der Waals surface area contributed by atoms with Crippen LogP contribution in [-0.4, -0.2) is 55.9 Å². The second-order valence-electron chi connectivity index (χ2n) is 17.9. The van der Waals surface area contributed by atoms with Crippen molar-refractivity contribution < 1.29 is 45.3 Å². The van der Waals surface area contributed by atoms with Crippen LogP contribution >= 0.6 is 0 Å². The van der Waals surface area contributed by atoms with Crippen molar-refractivity contribution in [2.75, 3.05) is 13.2 Å². The summed E-state index contributed by atoms with van der Waals surface area (Å²) in [5, 5.41) is 2.78. The van der Waals surface area contributed by atoms with Crippen LogP contribution in [0.25, 0.3) is 22.5 Å². The molecule has 16 heteroatoms. The van der Waals surface area contributed by atoms with Crippen LogP contribution in [0.4, 0.5) is 31.1 Å². The molecular weight excluding hydrogens is 803 g/mol. The number of hydrogen-bond acceptors (Lipinski definition) is 9. The Kier molecular flexibility index (Phi) is 16.4. The fraction of sp³-hybridized carbons (Fsp3) is 0.533. The Balaban J connectivity index is 0.000000334. The van der Waals surface area contributed by atoms with E-state index in [4.69, 9.17) is 19.9 Å². The van der Waals surface area contributed by atoms with Crippen LogP contribution in [0.3, 0.4) is 0 Å². The van der Waals surface area contributed by atoms with Crippen LogP contribution in [0.5, 0.6) is 11.5 Å². The zero-order chi connectivity index (χ0) is 46.3. The Morgan fingerprint density at radius 1 is 0.639 bits per heavy atom. The summed E-state index contributed by atoms with van der Waals surface area (Å²) in [6.45, 7) is 23.4. The summed E-state index contributed by atoms with van der Waals surface area (Å²) in [5.41, 5.74) is 4.91. The zero-order valence-corrected chi connectivity index (χ0v) is 37.4. The first-order chi connectivity index (χ1) is 27.8. The van der Waals surface area contributed by atoms with E-state index < -0.39 is 46.3 Å². The van der Waals surface area contributed by atoms with Crippen molar-refractivity contribution in [3.8, 4) is 34.0 Å². The molecule has 0 aliphatic carbocycles. The number of amides is 1. The Morgan fingerprint density at radius 2 is 1.05 bits per heavy atom. The highest BCUT2D eigenvalue weighted by molar-refractivity contribution is 5.69. The molecule has 0 spiro atoms. The number of aryl methyl sites for hydroxylation is 4. The number of carbonyl (C=O) groups is 1. The maximum atomic E-state index is 13.9. The SMILES string of the molecule is Cc1cc(-c2ccc(OC[C@@](C)(N)CC(C)C)c(C(F)(F)F)c2)nc(C)n1.Cc1cc(-c2ccc(OC[C@](C)(CC(C)C)NC(=O)OC(C)(C)C)c(C(F)(F)F)c2)nc(C)n1. The van der Waals surface area contributed by atoms with Crippen molar-refractivity contribution in [2.24, 2.45) is 17.6 Å². The average Bonchev–Trinajstić information content (AvgIpc) is 3.06. The van der Waals surface area contributed by atoms with Gasteiger partial charge in [0.1, 0.15) is 42.0 Å². The second-order valence-corrected chi connectivity index (χ2v) is 17.9. The Morgan fingerprint density at radius 3 is 1.41 bits per heavy atom. The molecule has 61 heavy (non-hydrogen) atoms. The molecule has 10 nitrogen and oxygen atoms in total. The molecule has 0 fully saturated rings. The average molecular weight is 863 g/mol. The normalized spacial score (nSPS) is 14.1. The summed E-state index contributed by atoms with van der Waals surface area (Å²) in [6, 6.07) is 11.1. The fourth-order valence-electron chi connectivity index (χ4n) is 6.87. The minimum Gasteiger partial charge on any atom is -0.491 e. The van der Waals surface area contributed by atoms with Gasteiger partial charge in [0.05, 0.1) is 28.1 Å². The monoisotopic (exact) mass is 862 g/mol. The third-order valence-corrected chi connectivity index (χ3v) is 8.73. The van der Waals surface area contributed by atoms with E-state index in [1.54, 1.807) is 80.5 Å². The number of rotatable bonds is 13. The minimum absolute atomic E-state index is 0.000665. The van der Waals surface area contributed by atoms with Gasteiger partial charge in [0.2, 0.25) is 0 Å². The minimum atomic E-state index is -4.64. The summed E-state index contributed by atoms with van der Waals surface area (Å²) in [7, 11) is 0. The van der Waals surface area contributed by atoms with Gasteiger partial charge >= 0.3 is 18.4 Å². The van der Waals surface area contributed by atoms with Gasteiger partial charge in [0, 0.05) is 28.1 Å². The number of alkyl carbamates (subject to hydrolysis) is 1. The van der Waals surface area contributed by atoms with E-state index in [1.807, 2.05) is 27.7 Å². The number of benzene rings is 2. The molecule has 336 valence electrons. The van der Waals surface area contributed by atoms with Crippen molar-refractivity contribution in [2.45, 2.75) is 132 Å². The summed E-state index contributed by atoms with van der Waals surface area (Å²) in [4.78, 5) is 29.2. The Hall–Kier alpha value is -4.99. The highest BCUT2D eigenvalue weighted by Gasteiger charge is 2.38. The van der Waals surface area contributed by atoms with Crippen LogP contribution < -0.4 is 20.5 Å². The number of hydrogen-bond donors (Lipinski definition) is 2. The number of carbonyl (C=O) groups excluding carboxylic acids is 1. The van der Waals surface area contributed by atoms with E-state index in [-0.39, 0.29) is 30.6 Å². The number of nitrogens with two attached hydrogens (primary N) is 1. The lowest BCUT2D eigenvalue weighted by atomic mass is 9.91. The van der Waals surface area contributed by atoms with Gasteiger partial charge in [-0.25, -0.2) is 24.7 Å². The molecule has 0 aliphatic rings. The number of aromatic nitrogens is 4. The third-order valence-electron chi connectivity index (χ3n) is 8.73. The fourth-order valence-corrected chi connectivity index (χ4v) is 6.87. The molecule has 2 aromatic heterocycles. The van der Waals surface area contributed by atoms with E-state index >= 15 is 0 Å². The smallest absolute Gasteiger partial charge is 0.419 e. The van der Waals surface area contributed by atoms with Crippen molar-refractivity contribution in [1.82, 2.24) is 25.3 Å². The highest BCUT2D eigenvalue weighted by atomic mass is 19.4. The van der Waals surface area contributed by atoms with Gasteiger partial charge in [0.15, 0.2) is 0 Å². The van der Waals surface area contributed by atoms with E-state index in [0.717, 1.165) is 12.1 Å². The molecule has 0 saturated heterocycles. The molecule has 0 bridgehead atoms. The van der Waals surface area contributed by atoms with Gasteiger partial charge < -0.3 is 25.3 Å². The predicted molar refractivity (Wildman–Crippen MR) is 224 cm³/mol. The highest BCUT2D eigenvalue weighted by Crippen LogP contribution is 2.40. The van der Waals surface area contributed by atoms with Crippen molar-refractivity contribution >= 4 is 6.09 Å². The Bertz CT molecular complexity index is 2070. The molecule has 4 aromatic rings. The van der Waals surface area contributed by atoms with Gasteiger partial charge in [-0.15, -0.1) is 0 Å². The van der Waals surface area contributed by atoms with Gasteiger partial charge in [-0.3, -0.25) is 0 Å². The van der Waals surface area contributed by atoms with Crippen molar-refractivity contribution in [3.63, 3.8) is 0 Å². The standard InChI is InChI=1S/C25H34F3N3O3.C20H26F3N3O/c1-15(2)13-24(8,31-22(32)34-23(5,6)7)14-33-21-10-9-18(12-19(21)25(26,27)28)20-11-16(3)29-17(4)30-20;1-12(2)10-19(5,24)11-27-18-7-6-15(9-16(18)20(21,22)23)17-8-13(3)25-14(4)26-17/h9-12,15H,13-14H2,1-8H3,(H,31,32);6-9,12H,10-11,24H2,1-5H3/t24-;19-/m00/s1. The van der Waals surface area contributed by atoms with Crippen molar-refractivity contribution in [1.29, 1.82) is 0 Å². The van der Waals surface area contributed by atoms with Gasteiger partial charge in [0.25, 0.3) is 0 Å². The van der Waals surface area contributed by atoms with Gasteiger partial charge in [-0.2, -0.15) is 26.3 Å². The molecule has 3 N–H and O–H groups in total. The zero-order valence-electron chi connectivity index (χ0n) is 37.4. The summed E-state index contributed by atoms with van der Waals surface area (Å²) >= 11 is 0.